The number of nitrogens with one attached hydrogen (secondary N) is 3. The van der Waals surface area contributed by atoms with E-state index in [-0.39, 0.29) is 50.4 Å². The van der Waals surface area contributed by atoms with E-state index in [0.717, 1.165) is 35.3 Å². The van der Waals surface area contributed by atoms with Gasteiger partial charge in [-0.3, -0.25) is 14.4 Å². The van der Waals surface area contributed by atoms with Crippen LogP contribution in [0.1, 0.15) is 150 Å². The van der Waals surface area contributed by atoms with Crippen molar-refractivity contribution in [3.8, 4) is 71.0 Å². The van der Waals surface area contributed by atoms with Crippen LogP contribution >= 0.6 is 0 Å². The quantitative estimate of drug-likeness (QED) is 0.0204. The topological polar surface area (TPSA) is 209 Å². The van der Waals surface area contributed by atoms with Crippen molar-refractivity contribution in [3.05, 3.63) is 266 Å². The lowest BCUT2D eigenvalue weighted by molar-refractivity contribution is -0.124. The highest BCUT2D eigenvalue weighted by Gasteiger charge is 2.39. The van der Waals surface area contributed by atoms with Crippen LogP contribution < -0.4 is 16.0 Å². The molecule has 1 aliphatic carbocycles. The number of rotatable bonds is 15. The summed E-state index contributed by atoms with van der Waals surface area (Å²) in [5.74, 6) is 32.3. The predicted molar refractivity (Wildman–Crippen MR) is 402 cm³/mol. The first-order chi connectivity index (χ1) is 46.6. The molecule has 99 heavy (non-hydrogen) atoms. The highest BCUT2D eigenvalue weighted by Crippen LogP contribution is 2.32. The van der Waals surface area contributed by atoms with Crippen molar-refractivity contribution < 1.29 is 45.0 Å². The van der Waals surface area contributed by atoms with Crippen molar-refractivity contribution in [1.82, 2.24) is 0 Å². The summed E-state index contributed by atoms with van der Waals surface area (Å²) in [5.41, 5.74) is -3.80. The molecule has 0 aromatic heterocycles. The van der Waals surface area contributed by atoms with E-state index in [1.807, 2.05) is 164 Å². The second-order valence-corrected chi connectivity index (χ2v) is 26.3. The Balaban J connectivity index is 1.49. The average Bonchev–Trinajstić information content (AvgIpc) is 0.786. The Labute approximate surface area is 582 Å². The zero-order chi connectivity index (χ0) is 72.2. The Kier molecular flexibility index (Phi) is 24.9. The average molecular weight is 1310 g/mol. The van der Waals surface area contributed by atoms with Crippen molar-refractivity contribution in [3.63, 3.8) is 0 Å². The Hall–Kier alpha value is -11.5. The fraction of sp³-hybridized carbons (Fsp3) is 0.207. The molecule has 0 radical (unpaired) electrons. The van der Waals surface area contributed by atoms with Crippen LogP contribution in [0.4, 0.5) is 17.1 Å². The van der Waals surface area contributed by atoms with Crippen molar-refractivity contribution in [2.45, 2.75) is 117 Å². The van der Waals surface area contributed by atoms with Crippen LogP contribution in [0, 0.1) is 71.0 Å². The van der Waals surface area contributed by atoms with Gasteiger partial charge in [0, 0.05) is 52.0 Å². The molecule has 0 atom stereocenters. The van der Waals surface area contributed by atoms with E-state index >= 15 is 14.4 Å². The number of aliphatic hydroxyl groups is 6. The molecule has 12 heteroatoms. The second kappa shape index (κ2) is 33.0. The number of carbonyl (C=O) groups is 3. The SMILES string of the molecule is CC(C)(O)C#Cc1cc(/C=C/C=C\c2ccccc2)cc(C#CC(C)(C)O)c1NC=C1C(=O)C(=CNc2c(C#CC(C)(C)O)cc(/C=C/C=C/c3ccccc3)cc2C#CC(C)(C)O)C(=O)C(=CNc2c(C#CC(C)(C)O)cc(/C=C/C=C/c3ccccc3)cc2C#CC(C)(C)O)C1=O. The third-order valence-electron chi connectivity index (χ3n) is 13.5. The van der Waals surface area contributed by atoms with Gasteiger partial charge in [-0.1, -0.05) is 235 Å². The second-order valence-electron chi connectivity index (χ2n) is 26.3. The van der Waals surface area contributed by atoms with Gasteiger partial charge >= 0.3 is 0 Å². The summed E-state index contributed by atoms with van der Waals surface area (Å²) in [4.78, 5) is 46.2. The summed E-state index contributed by atoms with van der Waals surface area (Å²) in [6.07, 6.45) is 25.7. The molecule has 0 heterocycles. The number of allylic oxidation sites excluding steroid dienone is 9. The zero-order valence-electron chi connectivity index (χ0n) is 57.7. The monoisotopic (exact) mass is 1310 g/mol. The van der Waals surface area contributed by atoms with Gasteiger partial charge in [0.1, 0.15) is 33.6 Å². The van der Waals surface area contributed by atoms with Crippen molar-refractivity contribution in [2.24, 2.45) is 0 Å². The lowest BCUT2D eigenvalue weighted by Gasteiger charge is -2.20. The maximum absolute atomic E-state index is 15.4. The number of Topliss-reactive ketones (excluding diaryl/α,β-unsaturated/α-hetero) is 3. The van der Waals surface area contributed by atoms with Crippen LogP contribution in [-0.4, -0.2) is 81.6 Å². The summed E-state index contributed by atoms with van der Waals surface area (Å²) in [6.45, 7) is 18.1. The van der Waals surface area contributed by atoms with Crippen molar-refractivity contribution >= 4 is 70.9 Å². The van der Waals surface area contributed by atoms with Gasteiger partial charge in [-0.2, -0.15) is 0 Å². The van der Waals surface area contributed by atoms with Gasteiger partial charge in [0.2, 0.25) is 17.3 Å². The Bertz CT molecular complexity index is 4080. The first-order valence-corrected chi connectivity index (χ1v) is 31.9. The van der Waals surface area contributed by atoms with E-state index in [1.165, 1.54) is 83.1 Å². The molecule has 7 rings (SSSR count). The fourth-order valence-corrected chi connectivity index (χ4v) is 8.93. The summed E-state index contributed by atoms with van der Waals surface area (Å²) < 4.78 is 0. The number of ketones is 3. The Morgan fingerprint density at radius 2 is 0.444 bits per heavy atom. The van der Waals surface area contributed by atoms with E-state index in [0.29, 0.717) is 16.7 Å². The highest BCUT2D eigenvalue weighted by atomic mass is 16.3. The van der Waals surface area contributed by atoms with Gasteiger partial charge < -0.3 is 46.6 Å². The van der Waals surface area contributed by atoms with Crippen LogP contribution in [0.15, 0.2) is 199 Å². The zero-order valence-corrected chi connectivity index (χ0v) is 57.7. The van der Waals surface area contributed by atoms with E-state index in [4.69, 9.17) is 0 Å². The highest BCUT2D eigenvalue weighted by molar-refractivity contribution is 6.52. The Morgan fingerprint density at radius 3 is 0.616 bits per heavy atom. The molecule has 0 unspecified atom stereocenters. The van der Waals surface area contributed by atoms with Crippen LogP contribution in [0.25, 0.3) is 36.5 Å². The molecule has 0 spiro atoms. The third-order valence-corrected chi connectivity index (χ3v) is 13.5. The van der Waals surface area contributed by atoms with Gasteiger partial charge in [-0.25, -0.2) is 0 Å². The molecule has 9 N–H and O–H groups in total. The first kappa shape index (κ1) is 74.9. The number of carbonyl (C=O) groups excluding carboxylic acids is 3. The van der Waals surface area contributed by atoms with Crippen LogP contribution in [0.2, 0.25) is 0 Å². The molecule has 6 aromatic rings. The predicted octanol–water partition coefficient (Wildman–Crippen LogP) is 13.6. The molecule has 498 valence electrons. The molecule has 12 nitrogen and oxygen atoms in total. The smallest absolute Gasteiger partial charge is 0.203 e. The minimum atomic E-state index is -1.50. The summed E-state index contributed by atoms with van der Waals surface area (Å²) in [6, 6.07) is 39.4. The molecule has 0 bridgehead atoms. The third kappa shape index (κ3) is 25.2. The van der Waals surface area contributed by atoms with Crippen molar-refractivity contribution in [2.75, 3.05) is 16.0 Å². The molecular weight excluding hydrogens is 1230 g/mol. The van der Waals surface area contributed by atoms with E-state index in [1.54, 1.807) is 36.4 Å². The molecule has 1 fully saturated rings. The molecule has 1 aliphatic rings. The number of hydrogen-bond donors (Lipinski definition) is 9. The molecular formula is C87H81N3O9. The number of anilines is 3. The largest absolute Gasteiger partial charge is 0.378 e. The van der Waals surface area contributed by atoms with Crippen LogP contribution in [-0.2, 0) is 14.4 Å². The minimum absolute atomic E-state index is 0.169. The fourth-order valence-electron chi connectivity index (χ4n) is 8.93. The molecule has 0 saturated heterocycles. The lowest BCUT2D eigenvalue weighted by Crippen LogP contribution is -2.33. The number of hydrogen-bond acceptors (Lipinski definition) is 12. The maximum Gasteiger partial charge on any atom is 0.203 e. The Morgan fingerprint density at radius 1 is 0.273 bits per heavy atom. The van der Waals surface area contributed by atoms with Gasteiger partial charge in [-0.05, 0) is 153 Å². The molecule has 1 saturated carbocycles. The summed E-state index contributed by atoms with van der Waals surface area (Å²) >= 11 is 0. The minimum Gasteiger partial charge on any atom is -0.378 e. The standard InChI is InChI=1S/C87H81N3O9/c1-82(2,94)46-40-67-52-64(37-25-22-34-61-28-16-13-17-29-61)53-68(41-47-83(3,4)95)76(67)88-58-73-79(91)74(59-89-77-69(42-48-84(5,6)96)54-65(55-70(77)43-49-85(7,8)97)38-26-23-35-62-30-18-14-19-31-62)81(93)75(80(73)92)60-90-78-71(44-50-86(9,10)98)56-66(57-72(78)45-51-87(11,12)99)39-27-24-36-63-32-20-15-21-33-63/h13-39,52-60,88-90,94-99H,1-12H3/b34-22-,35-23+,36-24+,37-25+,38-26+,39-27+,73-58?,74-59?,75-60?. The molecule has 0 amide bonds. The molecule has 6 aromatic carbocycles. The van der Waals surface area contributed by atoms with Crippen LogP contribution in [0.5, 0.6) is 0 Å². The van der Waals surface area contributed by atoms with E-state index in [2.05, 4.69) is 87.0 Å². The van der Waals surface area contributed by atoms with Gasteiger partial charge in [-0.15, -0.1) is 0 Å². The summed E-state index contributed by atoms with van der Waals surface area (Å²) in [7, 11) is 0. The van der Waals surface area contributed by atoms with E-state index < -0.39 is 67.7 Å². The van der Waals surface area contributed by atoms with Crippen LogP contribution in [0.3, 0.4) is 0 Å². The maximum atomic E-state index is 15.4. The molecule has 0 aliphatic heterocycles. The number of benzene rings is 6. The van der Waals surface area contributed by atoms with Gasteiger partial charge in [0.25, 0.3) is 0 Å². The first-order valence-electron chi connectivity index (χ1n) is 31.9. The van der Waals surface area contributed by atoms with Gasteiger partial charge in [0.15, 0.2) is 0 Å². The van der Waals surface area contributed by atoms with E-state index in [9.17, 15) is 30.6 Å². The normalized spacial score (nSPS) is 13.9. The van der Waals surface area contributed by atoms with Gasteiger partial charge in [0.05, 0.1) is 33.8 Å². The lowest BCUT2D eigenvalue weighted by atomic mass is 9.84. The summed E-state index contributed by atoms with van der Waals surface area (Å²) in [5, 5.41) is 75.1. The van der Waals surface area contributed by atoms with Crippen molar-refractivity contribution in [1.29, 1.82) is 0 Å².